The van der Waals surface area contributed by atoms with Crippen LogP contribution in [0.2, 0.25) is 0 Å². The maximum Gasteiger partial charge on any atom is 0.407 e. The van der Waals surface area contributed by atoms with Gasteiger partial charge in [0.2, 0.25) is 5.91 Å². The molecule has 34 heavy (non-hydrogen) atoms. The van der Waals surface area contributed by atoms with Gasteiger partial charge in [-0.05, 0) is 54.8 Å². The number of thioether (sulfide) groups is 1. The molecule has 8 nitrogen and oxygen atoms in total. The van der Waals surface area contributed by atoms with Gasteiger partial charge in [-0.25, -0.2) is 9.59 Å². The van der Waals surface area contributed by atoms with E-state index in [1.807, 2.05) is 42.7 Å². The van der Waals surface area contributed by atoms with Crippen molar-refractivity contribution in [3.8, 4) is 11.1 Å². The second kappa shape index (κ2) is 11.9. The number of nitrogens with zero attached hydrogens (tertiary/aromatic N) is 1. The van der Waals surface area contributed by atoms with Crippen molar-refractivity contribution in [2.75, 3.05) is 39.3 Å². The van der Waals surface area contributed by atoms with E-state index in [9.17, 15) is 19.5 Å². The van der Waals surface area contributed by atoms with Gasteiger partial charge in [0.05, 0.1) is 0 Å². The van der Waals surface area contributed by atoms with E-state index < -0.39 is 30.1 Å². The number of fused-ring (bicyclic) bond motifs is 3. The van der Waals surface area contributed by atoms with E-state index in [2.05, 4.69) is 22.8 Å². The predicted octanol–water partition coefficient (Wildman–Crippen LogP) is 2.78. The summed E-state index contributed by atoms with van der Waals surface area (Å²) in [5, 5.41) is 14.6. The molecule has 2 aromatic carbocycles. The Balaban J connectivity index is 1.65. The van der Waals surface area contributed by atoms with Crippen molar-refractivity contribution in [3.63, 3.8) is 0 Å². The molecule has 1 aliphatic rings. The van der Waals surface area contributed by atoms with Gasteiger partial charge in [0.1, 0.15) is 18.7 Å². The molecule has 2 amide bonds. The fourth-order valence-electron chi connectivity index (χ4n) is 4.11. The van der Waals surface area contributed by atoms with E-state index in [4.69, 9.17) is 4.74 Å². The summed E-state index contributed by atoms with van der Waals surface area (Å²) in [4.78, 5) is 38.6. The minimum absolute atomic E-state index is 0.0897. The molecule has 0 saturated heterocycles. The molecular weight excluding hydrogens is 454 g/mol. The Morgan fingerprint density at radius 3 is 2.12 bits per heavy atom. The zero-order valence-electron chi connectivity index (χ0n) is 19.6. The van der Waals surface area contributed by atoms with E-state index in [1.165, 1.54) is 11.8 Å². The van der Waals surface area contributed by atoms with E-state index in [1.54, 1.807) is 19.0 Å². The number of rotatable bonds is 11. The molecule has 0 aromatic heterocycles. The molecule has 3 rings (SSSR count). The summed E-state index contributed by atoms with van der Waals surface area (Å²) in [6.45, 7) is 0.274. The Hall–Kier alpha value is -3.04. The highest BCUT2D eigenvalue weighted by atomic mass is 32.2. The standard InChI is InChI=1S/C25H31N3O5S/c1-28(2)14-22(24(30)31)26-23(29)21(12-13-34-3)27-25(32)33-15-20-18-10-6-4-8-16(18)17-9-5-7-11-19(17)20/h4-11,20-22H,12-15H2,1-3H3,(H,26,29)(H,27,32)(H,30,31). The lowest BCUT2D eigenvalue weighted by Gasteiger charge is -2.23. The highest BCUT2D eigenvalue weighted by Gasteiger charge is 2.30. The van der Waals surface area contributed by atoms with Gasteiger partial charge in [-0.2, -0.15) is 11.8 Å². The highest BCUT2D eigenvalue weighted by Crippen LogP contribution is 2.44. The fraction of sp³-hybridized carbons (Fsp3) is 0.400. The molecule has 2 aromatic rings. The molecule has 0 aliphatic heterocycles. The molecule has 1 aliphatic carbocycles. The molecule has 3 N–H and O–H groups in total. The third-order valence-electron chi connectivity index (χ3n) is 5.73. The number of alkyl carbamates (subject to hydrolysis) is 1. The highest BCUT2D eigenvalue weighted by molar-refractivity contribution is 7.98. The van der Waals surface area contributed by atoms with Crippen molar-refractivity contribution < 1.29 is 24.2 Å². The molecule has 0 fully saturated rings. The maximum atomic E-state index is 12.8. The van der Waals surface area contributed by atoms with E-state index >= 15 is 0 Å². The number of hydrogen-bond donors (Lipinski definition) is 3. The SMILES string of the molecule is CSCCC(NC(=O)OCC1c2ccccc2-c2ccccc21)C(=O)NC(CN(C)C)C(=O)O. The average molecular weight is 486 g/mol. The summed E-state index contributed by atoms with van der Waals surface area (Å²) in [6, 6.07) is 14.1. The summed E-state index contributed by atoms with van der Waals surface area (Å²) in [5.74, 6) is -1.15. The van der Waals surface area contributed by atoms with Crippen LogP contribution in [0.3, 0.4) is 0 Å². The Morgan fingerprint density at radius 2 is 1.59 bits per heavy atom. The first-order valence-corrected chi connectivity index (χ1v) is 12.5. The molecule has 182 valence electrons. The van der Waals surface area contributed by atoms with Crippen LogP contribution in [0.1, 0.15) is 23.5 Å². The van der Waals surface area contributed by atoms with Crippen LogP contribution in [0.15, 0.2) is 48.5 Å². The molecule has 2 unspecified atom stereocenters. The second-order valence-corrected chi connectivity index (χ2v) is 9.45. The van der Waals surface area contributed by atoms with Gasteiger partial charge in [0.15, 0.2) is 0 Å². The van der Waals surface area contributed by atoms with Crippen LogP contribution >= 0.6 is 11.8 Å². The van der Waals surface area contributed by atoms with Crippen LogP contribution in [0.25, 0.3) is 11.1 Å². The van der Waals surface area contributed by atoms with Crippen LogP contribution in [-0.4, -0.2) is 79.3 Å². The number of hydrogen-bond acceptors (Lipinski definition) is 6. The van der Waals surface area contributed by atoms with Crippen LogP contribution in [0.5, 0.6) is 0 Å². The summed E-state index contributed by atoms with van der Waals surface area (Å²) in [6.07, 6.45) is 1.54. The fourth-order valence-corrected chi connectivity index (χ4v) is 4.58. The minimum atomic E-state index is -1.13. The summed E-state index contributed by atoms with van der Waals surface area (Å²) < 4.78 is 5.56. The first-order chi connectivity index (χ1) is 16.3. The lowest BCUT2D eigenvalue weighted by molar-refractivity contribution is -0.142. The second-order valence-electron chi connectivity index (χ2n) is 8.47. The number of amides is 2. The van der Waals surface area contributed by atoms with Gasteiger partial charge in [0, 0.05) is 12.5 Å². The Morgan fingerprint density at radius 1 is 1.00 bits per heavy atom. The van der Waals surface area contributed by atoms with Gasteiger partial charge in [-0.1, -0.05) is 48.5 Å². The third-order valence-corrected chi connectivity index (χ3v) is 6.37. The third kappa shape index (κ3) is 6.30. The topological polar surface area (TPSA) is 108 Å². The maximum absolute atomic E-state index is 12.8. The molecular formula is C25H31N3O5S. The summed E-state index contributed by atoms with van der Waals surface area (Å²) in [7, 11) is 3.45. The van der Waals surface area contributed by atoms with Crippen molar-refractivity contribution in [1.29, 1.82) is 0 Å². The monoisotopic (exact) mass is 485 g/mol. The number of nitrogens with one attached hydrogen (secondary N) is 2. The zero-order valence-corrected chi connectivity index (χ0v) is 20.4. The van der Waals surface area contributed by atoms with Gasteiger partial charge in [-0.15, -0.1) is 0 Å². The molecule has 0 bridgehead atoms. The van der Waals surface area contributed by atoms with E-state index in [0.29, 0.717) is 12.2 Å². The Labute approximate surface area is 204 Å². The molecule has 2 atom stereocenters. The van der Waals surface area contributed by atoms with Crippen LogP contribution in [0.4, 0.5) is 4.79 Å². The van der Waals surface area contributed by atoms with Crippen LogP contribution in [-0.2, 0) is 14.3 Å². The number of carbonyl (C=O) groups is 3. The number of ether oxygens (including phenoxy) is 1. The molecule has 0 radical (unpaired) electrons. The first-order valence-electron chi connectivity index (χ1n) is 11.1. The number of aliphatic carboxylic acids is 1. The number of benzene rings is 2. The van der Waals surface area contributed by atoms with Crippen molar-refractivity contribution in [1.82, 2.24) is 15.5 Å². The number of carboxylic acid groups (broad SMARTS) is 1. The van der Waals surface area contributed by atoms with Gasteiger partial charge in [-0.3, -0.25) is 4.79 Å². The van der Waals surface area contributed by atoms with Crippen molar-refractivity contribution in [2.24, 2.45) is 0 Å². The molecule has 0 saturated carbocycles. The van der Waals surface area contributed by atoms with Gasteiger partial charge >= 0.3 is 12.1 Å². The van der Waals surface area contributed by atoms with Crippen molar-refractivity contribution >= 4 is 29.7 Å². The average Bonchev–Trinajstić information content (AvgIpc) is 3.13. The summed E-state index contributed by atoms with van der Waals surface area (Å²) in [5.41, 5.74) is 4.46. The van der Waals surface area contributed by atoms with Crippen LogP contribution in [0, 0.1) is 0 Å². The lowest BCUT2D eigenvalue weighted by Crippen LogP contribution is -2.54. The summed E-state index contributed by atoms with van der Waals surface area (Å²) >= 11 is 1.53. The number of carbonyl (C=O) groups excluding carboxylic acids is 2. The number of likely N-dealkylation sites (N-methyl/N-ethyl adjacent to an activating group) is 1. The van der Waals surface area contributed by atoms with Gasteiger partial charge in [0.25, 0.3) is 0 Å². The van der Waals surface area contributed by atoms with E-state index in [-0.39, 0.29) is 19.1 Å². The molecule has 0 spiro atoms. The van der Waals surface area contributed by atoms with Crippen molar-refractivity contribution in [3.05, 3.63) is 59.7 Å². The quantitative estimate of drug-likeness (QED) is 0.449. The van der Waals surface area contributed by atoms with Crippen LogP contribution < -0.4 is 10.6 Å². The minimum Gasteiger partial charge on any atom is -0.480 e. The molecule has 0 heterocycles. The molecule has 9 heteroatoms. The normalized spacial score (nSPS) is 14.1. The number of carboxylic acids is 1. The largest absolute Gasteiger partial charge is 0.480 e. The Kier molecular flexibility index (Phi) is 8.95. The smallest absolute Gasteiger partial charge is 0.407 e. The first kappa shape index (κ1) is 25.6. The lowest BCUT2D eigenvalue weighted by atomic mass is 9.98. The van der Waals surface area contributed by atoms with Crippen molar-refractivity contribution in [2.45, 2.75) is 24.4 Å². The zero-order chi connectivity index (χ0) is 24.7. The van der Waals surface area contributed by atoms with E-state index in [0.717, 1.165) is 22.3 Å². The van der Waals surface area contributed by atoms with Gasteiger partial charge < -0.3 is 25.4 Å². The Bertz CT molecular complexity index is 984. The predicted molar refractivity (Wildman–Crippen MR) is 133 cm³/mol.